The molecule has 6 nitrogen and oxygen atoms in total. The molecule has 0 saturated carbocycles. The van der Waals surface area contributed by atoms with Gasteiger partial charge >= 0.3 is 0 Å². The van der Waals surface area contributed by atoms with Gasteiger partial charge in [0.1, 0.15) is 0 Å². The van der Waals surface area contributed by atoms with Crippen molar-refractivity contribution in [3.8, 4) is 11.3 Å². The van der Waals surface area contributed by atoms with E-state index < -0.39 is 10.0 Å². The Balaban J connectivity index is 1.49. The molecule has 8 heteroatoms. The quantitative estimate of drug-likeness (QED) is 0.415. The van der Waals surface area contributed by atoms with Crippen molar-refractivity contribution < 1.29 is 13.2 Å². The number of benzene rings is 2. The highest BCUT2D eigenvalue weighted by molar-refractivity contribution is 7.89. The number of anilines is 1. The lowest BCUT2D eigenvalue weighted by atomic mass is 10.1. The van der Waals surface area contributed by atoms with Gasteiger partial charge in [0.15, 0.2) is 5.13 Å². The monoisotopic (exact) mass is 455 g/mol. The second-order valence-electron chi connectivity index (χ2n) is 7.51. The van der Waals surface area contributed by atoms with Gasteiger partial charge in [0.05, 0.1) is 10.6 Å². The van der Waals surface area contributed by atoms with E-state index in [9.17, 15) is 13.2 Å². The summed E-state index contributed by atoms with van der Waals surface area (Å²) in [6.07, 6.45) is 2.33. The molecule has 0 atom stereocenters. The van der Waals surface area contributed by atoms with Crippen molar-refractivity contribution in [2.75, 3.05) is 18.4 Å². The molecule has 1 aliphatic rings. The SMILES string of the molecule is CCCN(CCC)S(=O)(=O)c1ccc(C(=O)Nc2nc3c(s2)Cc2ccccc2-3)cc1. The van der Waals surface area contributed by atoms with E-state index >= 15 is 0 Å². The Morgan fingerprint density at radius 2 is 1.74 bits per heavy atom. The van der Waals surface area contributed by atoms with Gasteiger partial charge in [-0.3, -0.25) is 10.1 Å². The summed E-state index contributed by atoms with van der Waals surface area (Å²) in [6.45, 7) is 4.88. The molecule has 0 radical (unpaired) electrons. The fourth-order valence-electron chi connectivity index (χ4n) is 3.76. The van der Waals surface area contributed by atoms with E-state index in [1.54, 1.807) is 12.1 Å². The number of fused-ring (bicyclic) bond motifs is 3. The van der Waals surface area contributed by atoms with Crippen LogP contribution in [0.5, 0.6) is 0 Å². The van der Waals surface area contributed by atoms with Gasteiger partial charge in [0.25, 0.3) is 5.91 Å². The molecule has 1 amide bonds. The molecule has 0 bridgehead atoms. The maximum Gasteiger partial charge on any atom is 0.257 e. The highest BCUT2D eigenvalue weighted by Crippen LogP contribution is 2.40. The van der Waals surface area contributed by atoms with Crippen LogP contribution in [0.1, 0.15) is 47.5 Å². The first-order valence-electron chi connectivity index (χ1n) is 10.4. The second kappa shape index (κ2) is 8.90. The maximum atomic E-state index is 12.9. The zero-order valence-corrected chi connectivity index (χ0v) is 19.2. The molecule has 162 valence electrons. The molecule has 0 spiro atoms. The molecule has 1 N–H and O–H groups in total. The molecule has 0 fully saturated rings. The van der Waals surface area contributed by atoms with Crippen molar-refractivity contribution in [3.05, 3.63) is 64.5 Å². The molecule has 1 aliphatic carbocycles. The van der Waals surface area contributed by atoms with Gasteiger partial charge in [-0.25, -0.2) is 13.4 Å². The summed E-state index contributed by atoms with van der Waals surface area (Å²) in [5.74, 6) is -0.302. The molecule has 1 heterocycles. The highest BCUT2D eigenvalue weighted by Gasteiger charge is 2.25. The number of rotatable bonds is 8. The molecular formula is C23H25N3O3S2. The van der Waals surface area contributed by atoms with Crippen LogP contribution in [-0.2, 0) is 16.4 Å². The zero-order valence-electron chi connectivity index (χ0n) is 17.6. The first-order valence-corrected chi connectivity index (χ1v) is 12.7. The number of nitrogens with one attached hydrogen (secondary N) is 1. The van der Waals surface area contributed by atoms with Crippen molar-refractivity contribution in [3.63, 3.8) is 0 Å². The topological polar surface area (TPSA) is 79.4 Å². The lowest BCUT2D eigenvalue weighted by molar-refractivity contribution is 0.102. The van der Waals surface area contributed by atoms with Gasteiger partial charge in [0.2, 0.25) is 10.0 Å². The fraction of sp³-hybridized carbons (Fsp3) is 0.304. The summed E-state index contributed by atoms with van der Waals surface area (Å²) >= 11 is 1.48. The van der Waals surface area contributed by atoms with Crippen LogP contribution in [0, 0.1) is 0 Å². The largest absolute Gasteiger partial charge is 0.298 e. The molecule has 0 aliphatic heterocycles. The van der Waals surface area contributed by atoms with E-state index in [4.69, 9.17) is 0 Å². The van der Waals surface area contributed by atoms with Gasteiger partial charge in [0, 0.05) is 35.5 Å². The summed E-state index contributed by atoms with van der Waals surface area (Å²) in [6, 6.07) is 14.3. The van der Waals surface area contributed by atoms with Crippen LogP contribution in [0.3, 0.4) is 0 Å². The van der Waals surface area contributed by atoms with Crippen molar-refractivity contribution in [2.45, 2.75) is 38.0 Å². The Morgan fingerprint density at radius 1 is 1.06 bits per heavy atom. The third-order valence-electron chi connectivity index (χ3n) is 5.24. The number of thiazole rings is 1. The van der Waals surface area contributed by atoms with Gasteiger partial charge in [-0.1, -0.05) is 38.1 Å². The zero-order chi connectivity index (χ0) is 22.0. The predicted molar refractivity (Wildman–Crippen MR) is 124 cm³/mol. The minimum atomic E-state index is -3.56. The lowest BCUT2D eigenvalue weighted by Crippen LogP contribution is -2.32. The van der Waals surface area contributed by atoms with Crippen molar-refractivity contribution >= 4 is 32.4 Å². The fourth-order valence-corrected chi connectivity index (χ4v) is 6.38. The van der Waals surface area contributed by atoms with E-state index in [-0.39, 0.29) is 10.8 Å². The van der Waals surface area contributed by atoms with Gasteiger partial charge in [-0.05, 0) is 42.7 Å². The van der Waals surface area contributed by atoms with Crippen LogP contribution < -0.4 is 5.32 Å². The van der Waals surface area contributed by atoms with E-state index in [0.717, 1.165) is 35.4 Å². The lowest BCUT2D eigenvalue weighted by Gasteiger charge is -2.21. The molecule has 0 saturated heterocycles. The first-order chi connectivity index (χ1) is 14.9. The van der Waals surface area contributed by atoms with E-state index in [1.807, 2.05) is 32.0 Å². The molecule has 4 rings (SSSR count). The smallest absolute Gasteiger partial charge is 0.257 e. The number of hydrogen-bond acceptors (Lipinski definition) is 5. The number of carbonyl (C=O) groups is 1. The van der Waals surface area contributed by atoms with Crippen LogP contribution in [0.2, 0.25) is 0 Å². The maximum absolute atomic E-state index is 12.9. The van der Waals surface area contributed by atoms with Crippen molar-refractivity contribution in [1.82, 2.24) is 9.29 Å². The van der Waals surface area contributed by atoms with Crippen molar-refractivity contribution in [1.29, 1.82) is 0 Å². The van der Waals surface area contributed by atoms with E-state index in [2.05, 4.69) is 16.4 Å². The summed E-state index contributed by atoms with van der Waals surface area (Å²) in [5.41, 5.74) is 3.70. The Labute approximate surface area is 187 Å². The number of nitrogens with zero attached hydrogens (tertiary/aromatic N) is 2. The molecule has 31 heavy (non-hydrogen) atoms. The normalized spacial score (nSPS) is 12.6. The number of aromatic nitrogens is 1. The van der Waals surface area contributed by atoms with Crippen LogP contribution in [0.4, 0.5) is 5.13 Å². The average molecular weight is 456 g/mol. The third kappa shape index (κ3) is 4.28. The van der Waals surface area contributed by atoms with Gasteiger partial charge < -0.3 is 0 Å². The van der Waals surface area contributed by atoms with Gasteiger partial charge in [-0.2, -0.15) is 4.31 Å². The molecule has 2 aromatic carbocycles. The average Bonchev–Trinajstić information content (AvgIpc) is 3.31. The van der Waals surface area contributed by atoms with Crippen LogP contribution in [0.25, 0.3) is 11.3 Å². The highest BCUT2D eigenvalue weighted by atomic mass is 32.2. The minimum absolute atomic E-state index is 0.204. The van der Waals surface area contributed by atoms with Crippen molar-refractivity contribution in [2.24, 2.45) is 0 Å². The third-order valence-corrected chi connectivity index (χ3v) is 8.13. The van der Waals surface area contributed by atoms with Crippen LogP contribution in [0.15, 0.2) is 53.4 Å². The Hall–Kier alpha value is -2.55. The number of carbonyl (C=O) groups excluding carboxylic acids is 1. The molecule has 0 unspecified atom stereocenters. The van der Waals surface area contributed by atoms with Crippen LogP contribution in [-0.4, -0.2) is 36.7 Å². The minimum Gasteiger partial charge on any atom is -0.298 e. The Kier molecular flexibility index (Phi) is 6.22. The summed E-state index contributed by atoms with van der Waals surface area (Å²) < 4.78 is 27.3. The first kappa shape index (κ1) is 21.7. The Morgan fingerprint density at radius 3 is 2.42 bits per heavy atom. The molecule has 3 aromatic rings. The van der Waals surface area contributed by atoms with Crippen LogP contribution >= 0.6 is 11.3 Å². The molecular weight excluding hydrogens is 430 g/mol. The Bertz CT molecular complexity index is 1200. The number of amides is 1. The number of sulfonamides is 1. The van der Waals surface area contributed by atoms with E-state index in [0.29, 0.717) is 23.8 Å². The number of hydrogen-bond donors (Lipinski definition) is 1. The summed E-state index contributed by atoms with van der Waals surface area (Å²) in [5, 5.41) is 3.40. The standard InChI is InChI=1S/C23H25N3O3S2/c1-3-13-26(14-4-2)31(28,29)18-11-9-16(10-12-18)22(27)25-23-24-21-19-8-6-5-7-17(19)15-20(21)30-23/h5-12H,3-4,13-15H2,1-2H3,(H,24,25,27). The summed E-state index contributed by atoms with van der Waals surface area (Å²) in [4.78, 5) is 18.6. The molecule has 1 aromatic heterocycles. The van der Waals surface area contributed by atoms with Gasteiger partial charge in [-0.15, -0.1) is 11.3 Å². The summed E-state index contributed by atoms with van der Waals surface area (Å²) in [7, 11) is -3.56. The van der Waals surface area contributed by atoms with E-state index in [1.165, 1.54) is 33.3 Å². The predicted octanol–water partition coefficient (Wildman–Crippen LogP) is 4.78. The second-order valence-corrected chi connectivity index (χ2v) is 10.5.